The molecule has 0 atom stereocenters. The van der Waals surface area contributed by atoms with Crippen molar-refractivity contribution in [3.8, 4) is 0 Å². The van der Waals surface area contributed by atoms with E-state index < -0.39 is 10.5 Å². The van der Waals surface area contributed by atoms with Crippen LogP contribution in [0.5, 0.6) is 0 Å². The minimum Gasteiger partial charge on any atom is -0.465 e. The summed E-state index contributed by atoms with van der Waals surface area (Å²) in [6.45, 7) is 0. The summed E-state index contributed by atoms with van der Waals surface area (Å²) >= 11 is 8.98. The molecule has 7 heteroatoms. The molecule has 0 heterocycles. The summed E-state index contributed by atoms with van der Waals surface area (Å²) in [5.74, 6) is -0.291. The lowest BCUT2D eigenvalue weighted by Crippen LogP contribution is -1.99. The van der Waals surface area contributed by atoms with E-state index in [9.17, 15) is 14.4 Å². The second-order valence-electron chi connectivity index (χ2n) is 2.41. The van der Waals surface area contributed by atoms with Crippen LogP contribution in [0.4, 0.5) is 0 Å². The maximum Gasteiger partial charge on any atom is 0.337 e. The van der Waals surface area contributed by atoms with Crippen LogP contribution in [0.15, 0.2) is 30.3 Å². The number of benzene rings is 1. The van der Waals surface area contributed by atoms with E-state index >= 15 is 0 Å². The number of carbonyl (C=O) groups excluding carboxylic acids is 3. The highest BCUT2D eigenvalue weighted by Crippen LogP contribution is 1.98. The third-order valence-corrected chi connectivity index (χ3v) is 1.79. The topological polar surface area (TPSA) is 91.9 Å². The van der Waals surface area contributed by atoms with E-state index in [0.29, 0.717) is 5.56 Å². The van der Waals surface area contributed by atoms with E-state index in [1.807, 2.05) is 6.07 Å². The smallest absolute Gasteiger partial charge is 0.337 e. The molecule has 2 N–H and O–H groups in total. The summed E-state index contributed by atoms with van der Waals surface area (Å²) in [6, 6.07) is 8.88. The largest absolute Gasteiger partial charge is 0.465 e. The van der Waals surface area contributed by atoms with E-state index in [-0.39, 0.29) is 11.4 Å². The zero-order valence-electron chi connectivity index (χ0n) is 8.78. The first-order valence-corrected chi connectivity index (χ1v) is 4.77. The fourth-order valence-electron chi connectivity index (χ4n) is 0.692. The van der Waals surface area contributed by atoms with Gasteiger partial charge in [0.05, 0.1) is 12.7 Å². The van der Waals surface area contributed by atoms with Gasteiger partial charge >= 0.3 is 16.5 Å². The van der Waals surface area contributed by atoms with Gasteiger partial charge in [-0.2, -0.15) is 0 Å². The van der Waals surface area contributed by atoms with Crippen molar-refractivity contribution in [2.24, 2.45) is 0 Å². The summed E-state index contributed by atoms with van der Waals surface area (Å²) in [4.78, 5) is 29.6. The normalized spacial score (nSPS) is 7.94. The average molecular weight is 281 g/mol. The Balaban J connectivity index is 0. The van der Waals surface area contributed by atoms with Crippen molar-refractivity contribution < 1.29 is 24.6 Å². The molecule has 0 bridgehead atoms. The summed E-state index contributed by atoms with van der Waals surface area (Å²) in [5, 5.41) is -2.28. The van der Waals surface area contributed by atoms with Crippen LogP contribution in [0.2, 0.25) is 0 Å². The minimum atomic E-state index is -1.14. The molecule has 0 spiro atoms. The third-order valence-electron chi connectivity index (χ3n) is 1.35. The lowest BCUT2D eigenvalue weighted by Gasteiger charge is -1.95. The van der Waals surface area contributed by atoms with E-state index in [0.717, 1.165) is 0 Å². The molecule has 0 aliphatic rings. The number of halogens is 2. The zero-order valence-corrected chi connectivity index (χ0v) is 10.3. The standard InChI is InChI=1S/C8H8O2.C2Cl2O2.H2O/c1-10-8(9)7-5-3-2-4-6-7;3-1(5)2(4)6;/h2-6H,1H3;;1H2. The second kappa shape index (κ2) is 9.77. The molecule has 0 saturated carbocycles. The SMILES string of the molecule is COC(=O)c1ccccc1.O.O=C(Cl)C(=O)Cl. The van der Waals surface area contributed by atoms with Gasteiger partial charge in [0, 0.05) is 0 Å². The molecule has 1 aromatic rings. The van der Waals surface area contributed by atoms with E-state index in [4.69, 9.17) is 0 Å². The van der Waals surface area contributed by atoms with Gasteiger partial charge in [-0.05, 0) is 35.3 Å². The number of hydrogen-bond donors (Lipinski definition) is 0. The van der Waals surface area contributed by atoms with Crippen molar-refractivity contribution >= 4 is 39.7 Å². The fourth-order valence-corrected chi connectivity index (χ4v) is 0.692. The van der Waals surface area contributed by atoms with Gasteiger partial charge in [-0.25, -0.2) is 4.79 Å². The Hall–Kier alpha value is -1.43. The number of esters is 1. The molecule has 0 radical (unpaired) electrons. The first-order valence-electron chi connectivity index (χ1n) is 4.01. The van der Waals surface area contributed by atoms with Crippen LogP contribution in [-0.2, 0) is 14.3 Å². The van der Waals surface area contributed by atoms with Gasteiger partial charge in [0.1, 0.15) is 0 Å². The van der Waals surface area contributed by atoms with Gasteiger partial charge in [-0.15, -0.1) is 0 Å². The van der Waals surface area contributed by atoms with Gasteiger partial charge in [-0.3, -0.25) is 9.59 Å². The lowest BCUT2D eigenvalue weighted by atomic mass is 10.2. The molecule has 0 aromatic heterocycles. The van der Waals surface area contributed by atoms with Crippen LogP contribution in [0.25, 0.3) is 0 Å². The Morgan fingerprint density at radius 3 is 1.71 bits per heavy atom. The van der Waals surface area contributed by atoms with Gasteiger partial charge in [0.15, 0.2) is 0 Å². The van der Waals surface area contributed by atoms with Crippen molar-refractivity contribution in [1.82, 2.24) is 0 Å². The Bertz CT molecular complexity index is 366. The number of methoxy groups -OCH3 is 1. The minimum absolute atomic E-state index is 0. The molecule has 17 heavy (non-hydrogen) atoms. The van der Waals surface area contributed by atoms with Crippen molar-refractivity contribution in [3.63, 3.8) is 0 Å². The molecule has 1 aromatic carbocycles. The molecule has 94 valence electrons. The van der Waals surface area contributed by atoms with Crippen LogP contribution in [0.3, 0.4) is 0 Å². The van der Waals surface area contributed by atoms with E-state index in [2.05, 4.69) is 27.9 Å². The highest BCUT2D eigenvalue weighted by atomic mass is 35.5. The van der Waals surface area contributed by atoms with Crippen LogP contribution in [0, 0.1) is 0 Å². The molecule has 5 nitrogen and oxygen atoms in total. The van der Waals surface area contributed by atoms with Gasteiger partial charge in [0.2, 0.25) is 0 Å². The highest BCUT2D eigenvalue weighted by molar-refractivity contribution is 6.97. The Labute approximate surface area is 108 Å². The molecule has 0 fully saturated rings. The third kappa shape index (κ3) is 8.38. The summed E-state index contributed by atoms with van der Waals surface area (Å²) in [5.41, 5.74) is 0.588. The van der Waals surface area contributed by atoms with E-state index in [1.54, 1.807) is 24.3 Å². The van der Waals surface area contributed by atoms with Crippen molar-refractivity contribution in [2.75, 3.05) is 7.11 Å². The first-order chi connectivity index (χ1) is 7.49. The van der Waals surface area contributed by atoms with Crippen molar-refractivity contribution in [3.05, 3.63) is 35.9 Å². The van der Waals surface area contributed by atoms with Gasteiger partial charge in [-0.1, -0.05) is 18.2 Å². The zero-order chi connectivity index (χ0) is 12.6. The number of rotatable bonds is 2. The molecule has 0 aliphatic heterocycles. The fraction of sp³-hybridized carbons (Fsp3) is 0.100. The van der Waals surface area contributed by atoms with E-state index in [1.165, 1.54) is 7.11 Å². The molecule has 0 saturated heterocycles. The van der Waals surface area contributed by atoms with Crippen LogP contribution < -0.4 is 0 Å². The predicted octanol–water partition coefficient (Wildman–Crippen LogP) is 1.17. The average Bonchev–Trinajstić information content (AvgIpc) is 2.30. The Kier molecular flexibility index (Phi) is 10.3. The quantitative estimate of drug-likeness (QED) is 0.462. The molecule has 0 amide bonds. The van der Waals surface area contributed by atoms with Gasteiger partial charge < -0.3 is 10.2 Å². The second-order valence-corrected chi connectivity index (χ2v) is 3.09. The molecule has 0 unspecified atom stereocenters. The van der Waals surface area contributed by atoms with Crippen molar-refractivity contribution in [2.45, 2.75) is 0 Å². The molecular formula is C10H10Cl2O5. The first kappa shape index (κ1) is 17.9. The summed E-state index contributed by atoms with van der Waals surface area (Å²) in [7, 11) is 1.37. The maximum absolute atomic E-state index is 10.8. The van der Waals surface area contributed by atoms with Gasteiger partial charge in [0.25, 0.3) is 0 Å². The summed E-state index contributed by atoms with van der Waals surface area (Å²) < 4.78 is 4.50. The van der Waals surface area contributed by atoms with Crippen LogP contribution in [0.1, 0.15) is 10.4 Å². The van der Waals surface area contributed by atoms with Crippen LogP contribution in [-0.4, -0.2) is 29.0 Å². The monoisotopic (exact) mass is 280 g/mol. The summed E-state index contributed by atoms with van der Waals surface area (Å²) in [6.07, 6.45) is 0. The molecule has 1 rings (SSSR count). The van der Waals surface area contributed by atoms with Crippen molar-refractivity contribution in [1.29, 1.82) is 0 Å². The molecular weight excluding hydrogens is 271 g/mol. The number of carbonyl (C=O) groups is 3. The lowest BCUT2D eigenvalue weighted by molar-refractivity contribution is -0.127. The predicted molar refractivity (Wildman–Crippen MR) is 63.1 cm³/mol. The maximum atomic E-state index is 10.8. The Morgan fingerprint density at radius 1 is 1.00 bits per heavy atom. The number of ether oxygens (including phenoxy) is 1. The van der Waals surface area contributed by atoms with Crippen LogP contribution >= 0.6 is 23.2 Å². The Morgan fingerprint density at radius 2 is 1.41 bits per heavy atom. The molecule has 0 aliphatic carbocycles. The number of hydrogen-bond acceptors (Lipinski definition) is 4. The highest BCUT2D eigenvalue weighted by Gasteiger charge is 2.02.